The molecule has 0 bridgehead atoms. The van der Waals surface area contributed by atoms with Crippen molar-refractivity contribution >= 4 is 29.3 Å². The van der Waals surface area contributed by atoms with E-state index in [-0.39, 0.29) is 18.4 Å². The van der Waals surface area contributed by atoms with Crippen LogP contribution < -0.4 is 16.0 Å². The monoisotopic (exact) mass is 265 g/mol. The average Bonchev–Trinajstić information content (AvgIpc) is 2.40. The Morgan fingerprint density at radius 1 is 1.44 bits per heavy atom. The first-order valence-electron chi connectivity index (χ1n) is 5.71. The third-order valence-electron chi connectivity index (χ3n) is 2.58. The van der Waals surface area contributed by atoms with Gasteiger partial charge < -0.3 is 16.0 Å². The molecule has 0 radical (unpaired) electrons. The Morgan fingerprint density at radius 3 is 3.00 bits per heavy atom. The number of nitrogens with one attached hydrogen (secondary N) is 1. The molecule has 1 aromatic rings. The Morgan fingerprint density at radius 2 is 2.22 bits per heavy atom. The van der Waals surface area contributed by atoms with Crippen LogP contribution in [0.2, 0.25) is 0 Å². The summed E-state index contributed by atoms with van der Waals surface area (Å²) in [7, 11) is 0. The van der Waals surface area contributed by atoms with E-state index in [1.165, 1.54) is 16.7 Å². The van der Waals surface area contributed by atoms with Crippen LogP contribution in [0, 0.1) is 0 Å². The zero-order valence-corrected chi connectivity index (χ0v) is 10.7. The number of nitrogens with two attached hydrogens (primary N) is 1. The molecule has 1 aliphatic heterocycles. The topological polar surface area (TPSA) is 75.4 Å². The number of benzene rings is 1. The molecule has 0 aliphatic carbocycles. The Balaban J connectivity index is 2.12. The van der Waals surface area contributed by atoms with Crippen molar-refractivity contribution in [1.29, 1.82) is 0 Å². The third kappa shape index (κ3) is 2.83. The highest BCUT2D eigenvalue weighted by molar-refractivity contribution is 8.00. The van der Waals surface area contributed by atoms with Gasteiger partial charge in [-0.05, 0) is 12.1 Å². The van der Waals surface area contributed by atoms with Gasteiger partial charge in [0.15, 0.2) is 0 Å². The summed E-state index contributed by atoms with van der Waals surface area (Å²) >= 11 is 1.50. The van der Waals surface area contributed by atoms with Crippen LogP contribution in [0.5, 0.6) is 0 Å². The highest BCUT2D eigenvalue weighted by atomic mass is 32.2. The van der Waals surface area contributed by atoms with E-state index in [0.717, 1.165) is 10.6 Å². The molecule has 2 rings (SSSR count). The molecular weight excluding hydrogens is 250 g/mol. The summed E-state index contributed by atoms with van der Waals surface area (Å²) in [4.78, 5) is 26.1. The van der Waals surface area contributed by atoms with Gasteiger partial charge in [-0.2, -0.15) is 0 Å². The van der Waals surface area contributed by atoms with Gasteiger partial charge >= 0.3 is 0 Å². The number of hydrogen-bond donors (Lipinski definition) is 2. The molecule has 96 valence electrons. The molecule has 18 heavy (non-hydrogen) atoms. The van der Waals surface area contributed by atoms with Crippen LogP contribution in [-0.2, 0) is 9.59 Å². The summed E-state index contributed by atoms with van der Waals surface area (Å²) in [5.74, 6) is 0.151. The molecule has 0 unspecified atom stereocenters. The van der Waals surface area contributed by atoms with Crippen LogP contribution in [0.3, 0.4) is 0 Å². The number of para-hydroxylation sites is 1. The van der Waals surface area contributed by atoms with Crippen molar-refractivity contribution in [3.05, 3.63) is 24.3 Å². The summed E-state index contributed by atoms with van der Waals surface area (Å²) in [5, 5.41) is 2.67. The van der Waals surface area contributed by atoms with Crippen molar-refractivity contribution in [2.24, 2.45) is 5.73 Å². The SMILES string of the molecule is NCCNC(=O)CN1C(=O)CSc2ccccc21. The second kappa shape index (κ2) is 5.88. The maximum atomic E-state index is 11.9. The smallest absolute Gasteiger partial charge is 0.240 e. The molecule has 0 atom stereocenters. The van der Waals surface area contributed by atoms with E-state index in [1.807, 2.05) is 24.3 Å². The lowest BCUT2D eigenvalue weighted by atomic mass is 10.2. The Hall–Kier alpha value is -1.53. The molecule has 0 saturated heterocycles. The minimum atomic E-state index is -0.185. The Kier molecular flexibility index (Phi) is 4.22. The van der Waals surface area contributed by atoms with Crippen LogP contribution in [0.15, 0.2) is 29.2 Å². The fraction of sp³-hybridized carbons (Fsp3) is 0.333. The average molecular weight is 265 g/mol. The molecule has 0 spiro atoms. The number of rotatable bonds is 4. The summed E-state index contributed by atoms with van der Waals surface area (Å²) in [6.07, 6.45) is 0. The van der Waals surface area contributed by atoms with Crippen LogP contribution in [0.25, 0.3) is 0 Å². The summed E-state index contributed by atoms with van der Waals surface area (Å²) in [6.45, 7) is 0.875. The van der Waals surface area contributed by atoms with Crippen molar-refractivity contribution in [1.82, 2.24) is 5.32 Å². The van der Waals surface area contributed by atoms with Crippen LogP contribution in [0.4, 0.5) is 5.69 Å². The maximum absolute atomic E-state index is 11.9. The lowest BCUT2D eigenvalue weighted by Crippen LogP contribution is -2.44. The molecule has 3 N–H and O–H groups in total. The second-order valence-corrected chi connectivity index (χ2v) is 4.89. The van der Waals surface area contributed by atoms with E-state index in [2.05, 4.69) is 5.32 Å². The molecule has 0 saturated carbocycles. The van der Waals surface area contributed by atoms with Gasteiger partial charge in [-0.1, -0.05) is 12.1 Å². The van der Waals surface area contributed by atoms with Gasteiger partial charge in [0.25, 0.3) is 0 Å². The molecule has 1 aromatic carbocycles. The summed E-state index contributed by atoms with van der Waals surface area (Å²) < 4.78 is 0. The standard InChI is InChI=1S/C12H15N3O2S/c13-5-6-14-11(16)7-15-9-3-1-2-4-10(9)18-8-12(15)17/h1-4H,5-8,13H2,(H,14,16). The predicted molar refractivity (Wildman–Crippen MR) is 71.6 cm³/mol. The van der Waals surface area contributed by atoms with Crippen molar-refractivity contribution in [2.75, 3.05) is 30.3 Å². The van der Waals surface area contributed by atoms with E-state index >= 15 is 0 Å². The highest BCUT2D eigenvalue weighted by Crippen LogP contribution is 2.34. The minimum Gasteiger partial charge on any atom is -0.353 e. The number of fused-ring (bicyclic) bond motifs is 1. The summed E-state index contributed by atoms with van der Waals surface area (Å²) in [5.41, 5.74) is 6.12. The zero-order chi connectivity index (χ0) is 13.0. The minimum absolute atomic E-state index is 0.0402. The van der Waals surface area contributed by atoms with Gasteiger partial charge in [0, 0.05) is 18.0 Å². The number of carbonyl (C=O) groups is 2. The number of carbonyl (C=O) groups excluding carboxylic acids is 2. The fourth-order valence-corrected chi connectivity index (χ4v) is 2.67. The first-order chi connectivity index (χ1) is 8.72. The predicted octanol–water partition coefficient (Wildman–Crippen LogP) is 0.200. The molecular formula is C12H15N3O2S. The number of amides is 2. The molecule has 5 nitrogen and oxygen atoms in total. The van der Waals surface area contributed by atoms with Crippen molar-refractivity contribution in [2.45, 2.75) is 4.90 Å². The first-order valence-corrected chi connectivity index (χ1v) is 6.70. The number of hydrogen-bond acceptors (Lipinski definition) is 4. The van der Waals surface area contributed by atoms with Gasteiger partial charge in [-0.15, -0.1) is 11.8 Å². The number of thioether (sulfide) groups is 1. The van der Waals surface area contributed by atoms with Crippen LogP contribution in [0.1, 0.15) is 0 Å². The van der Waals surface area contributed by atoms with Crippen molar-refractivity contribution in [3.8, 4) is 0 Å². The van der Waals surface area contributed by atoms with Gasteiger partial charge in [0.1, 0.15) is 6.54 Å². The lowest BCUT2D eigenvalue weighted by molar-refractivity contribution is -0.122. The first kappa shape index (κ1) is 12.9. The van der Waals surface area contributed by atoms with Crippen LogP contribution >= 0.6 is 11.8 Å². The van der Waals surface area contributed by atoms with E-state index in [0.29, 0.717) is 18.8 Å². The van der Waals surface area contributed by atoms with E-state index in [1.54, 1.807) is 0 Å². The third-order valence-corrected chi connectivity index (χ3v) is 3.62. The quantitative estimate of drug-likeness (QED) is 0.815. The van der Waals surface area contributed by atoms with Crippen molar-refractivity contribution in [3.63, 3.8) is 0 Å². The van der Waals surface area contributed by atoms with E-state index < -0.39 is 0 Å². The highest BCUT2D eigenvalue weighted by Gasteiger charge is 2.25. The Bertz CT molecular complexity index is 464. The molecule has 0 fully saturated rings. The van der Waals surface area contributed by atoms with Gasteiger partial charge in [-0.3, -0.25) is 9.59 Å². The lowest BCUT2D eigenvalue weighted by Gasteiger charge is -2.28. The van der Waals surface area contributed by atoms with E-state index in [9.17, 15) is 9.59 Å². The Labute approximate surface area is 110 Å². The number of nitrogens with zero attached hydrogens (tertiary/aromatic N) is 1. The maximum Gasteiger partial charge on any atom is 0.240 e. The summed E-state index contributed by atoms with van der Waals surface area (Å²) in [6, 6.07) is 7.60. The molecule has 6 heteroatoms. The van der Waals surface area contributed by atoms with E-state index in [4.69, 9.17) is 5.73 Å². The zero-order valence-electron chi connectivity index (χ0n) is 9.89. The largest absolute Gasteiger partial charge is 0.353 e. The normalized spacial score (nSPS) is 14.3. The van der Waals surface area contributed by atoms with Crippen molar-refractivity contribution < 1.29 is 9.59 Å². The molecule has 1 aliphatic rings. The second-order valence-electron chi connectivity index (χ2n) is 3.87. The van der Waals surface area contributed by atoms with Gasteiger partial charge in [0.05, 0.1) is 11.4 Å². The van der Waals surface area contributed by atoms with Crippen LogP contribution in [-0.4, -0.2) is 37.2 Å². The molecule has 2 amide bonds. The molecule has 0 aromatic heterocycles. The number of anilines is 1. The van der Waals surface area contributed by atoms with Gasteiger partial charge in [-0.25, -0.2) is 0 Å². The molecule has 1 heterocycles. The fourth-order valence-electron chi connectivity index (χ4n) is 1.74. The van der Waals surface area contributed by atoms with Gasteiger partial charge in [0.2, 0.25) is 11.8 Å².